The molecule has 0 saturated carbocycles. The van der Waals surface area contributed by atoms with Gasteiger partial charge in [0.05, 0.1) is 12.1 Å². The lowest BCUT2D eigenvalue weighted by Gasteiger charge is -2.21. The van der Waals surface area contributed by atoms with Gasteiger partial charge in [-0.2, -0.15) is 0 Å². The van der Waals surface area contributed by atoms with E-state index in [1.165, 1.54) is 0 Å². The summed E-state index contributed by atoms with van der Waals surface area (Å²) in [5, 5.41) is 6.59. The van der Waals surface area contributed by atoms with Crippen molar-refractivity contribution in [1.82, 2.24) is 10.6 Å². The summed E-state index contributed by atoms with van der Waals surface area (Å²) in [7, 11) is 0. The van der Waals surface area contributed by atoms with Crippen LogP contribution in [0.25, 0.3) is 0 Å². The third-order valence-electron chi connectivity index (χ3n) is 3.51. The Morgan fingerprint density at radius 1 is 1.43 bits per heavy atom. The first kappa shape index (κ1) is 16.4. The SMILES string of the molecule is CCNC(=NCC1(C)CCCO1)NCCc1ccc(Br)o1. The molecule has 0 aliphatic carbocycles. The second-order valence-electron chi connectivity index (χ2n) is 5.48. The molecule has 2 N–H and O–H groups in total. The van der Waals surface area contributed by atoms with Crippen molar-refractivity contribution in [2.45, 2.75) is 38.7 Å². The monoisotopic (exact) mass is 357 g/mol. The van der Waals surface area contributed by atoms with E-state index in [-0.39, 0.29) is 5.60 Å². The maximum atomic E-state index is 5.76. The zero-order valence-electron chi connectivity index (χ0n) is 12.7. The number of furan rings is 1. The molecule has 1 unspecified atom stereocenters. The quantitative estimate of drug-likeness (QED) is 0.607. The van der Waals surface area contributed by atoms with E-state index in [9.17, 15) is 0 Å². The van der Waals surface area contributed by atoms with E-state index < -0.39 is 0 Å². The molecule has 1 aromatic heterocycles. The number of rotatable bonds is 6. The maximum Gasteiger partial charge on any atom is 0.191 e. The lowest BCUT2D eigenvalue weighted by Crippen LogP contribution is -2.40. The molecule has 0 radical (unpaired) electrons. The zero-order chi connectivity index (χ0) is 15.1. The normalized spacial score (nSPS) is 22.5. The topological polar surface area (TPSA) is 58.8 Å². The largest absolute Gasteiger partial charge is 0.454 e. The molecule has 2 heterocycles. The lowest BCUT2D eigenvalue weighted by molar-refractivity contribution is 0.0283. The molecule has 118 valence electrons. The molecule has 5 nitrogen and oxygen atoms in total. The lowest BCUT2D eigenvalue weighted by atomic mass is 10.0. The van der Waals surface area contributed by atoms with E-state index in [1.807, 2.05) is 12.1 Å². The molecule has 1 aliphatic rings. The molecule has 0 spiro atoms. The number of halogens is 1. The van der Waals surface area contributed by atoms with Crippen LogP contribution in [-0.4, -0.2) is 37.8 Å². The van der Waals surface area contributed by atoms with Gasteiger partial charge >= 0.3 is 0 Å². The van der Waals surface area contributed by atoms with Crippen LogP contribution >= 0.6 is 15.9 Å². The van der Waals surface area contributed by atoms with Crippen molar-refractivity contribution in [1.29, 1.82) is 0 Å². The second-order valence-corrected chi connectivity index (χ2v) is 6.26. The van der Waals surface area contributed by atoms with Crippen molar-refractivity contribution in [2.24, 2.45) is 4.99 Å². The average Bonchev–Trinajstić information content (AvgIpc) is 3.06. The first-order valence-corrected chi connectivity index (χ1v) is 8.31. The highest BCUT2D eigenvalue weighted by Gasteiger charge is 2.29. The van der Waals surface area contributed by atoms with Gasteiger partial charge in [0, 0.05) is 26.1 Å². The second kappa shape index (κ2) is 7.84. The molecule has 0 bridgehead atoms. The summed E-state index contributed by atoms with van der Waals surface area (Å²) >= 11 is 3.31. The standard InChI is InChI=1S/C15H24BrN3O2/c1-3-17-14(19-11-15(2)8-4-10-20-15)18-9-7-12-5-6-13(16)21-12/h5-6H,3-4,7-11H2,1-2H3,(H2,17,18,19). The van der Waals surface area contributed by atoms with Gasteiger partial charge in [0.15, 0.2) is 10.6 Å². The van der Waals surface area contributed by atoms with Gasteiger partial charge in [-0.1, -0.05) is 0 Å². The van der Waals surface area contributed by atoms with Gasteiger partial charge in [0.25, 0.3) is 0 Å². The third kappa shape index (κ3) is 5.36. The molecule has 1 atom stereocenters. The van der Waals surface area contributed by atoms with E-state index in [0.717, 1.165) is 55.3 Å². The number of hydrogen-bond donors (Lipinski definition) is 2. The summed E-state index contributed by atoms with van der Waals surface area (Å²) < 4.78 is 12.0. The molecule has 2 rings (SSSR count). The predicted octanol–water partition coefficient (Wildman–Crippen LogP) is 2.71. The summed E-state index contributed by atoms with van der Waals surface area (Å²) in [5.74, 6) is 1.79. The van der Waals surface area contributed by atoms with Crippen LogP contribution in [-0.2, 0) is 11.2 Å². The molecule has 1 fully saturated rings. The number of nitrogens with one attached hydrogen (secondary N) is 2. The Kier molecular flexibility index (Phi) is 6.11. The van der Waals surface area contributed by atoms with Gasteiger partial charge in [-0.05, 0) is 54.8 Å². The highest BCUT2D eigenvalue weighted by Crippen LogP contribution is 2.24. The van der Waals surface area contributed by atoms with E-state index in [1.54, 1.807) is 0 Å². The van der Waals surface area contributed by atoms with Gasteiger partial charge < -0.3 is 19.8 Å². The van der Waals surface area contributed by atoms with E-state index in [4.69, 9.17) is 9.15 Å². The minimum Gasteiger partial charge on any atom is -0.454 e. The summed E-state index contributed by atoms with van der Waals surface area (Å²) in [5.41, 5.74) is -0.103. The molecular formula is C15H24BrN3O2. The number of guanidine groups is 1. The van der Waals surface area contributed by atoms with E-state index in [0.29, 0.717) is 6.54 Å². The highest BCUT2D eigenvalue weighted by molar-refractivity contribution is 9.10. The Bertz CT molecular complexity index is 467. The fourth-order valence-corrected chi connectivity index (χ4v) is 2.68. The van der Waals surface area contributed by atoms with Crippen LogP contribution in [0.15, 0.2) is 26.2 Å². The molecule has 21 heavy (non-hydrogen) atoms. The molecule has 1 saturated heterocycles. The fraction of sp³-hybridized carbons (Fsp3) is 0.667. The Hall–Kier alpha value is -1.01. The highest BCUT2D eigenvalue weighted by atomic mass is 79.9. The number of hydrogen-bond acceptors (Lipinski definition) is 3. The van der Waals surface area contributed by atoms with E-state index >= 15 is 0 Å². The molecule has 1 aliphatic heterocycles. The van der Waals surface area contributed by atoms with Crippen LogP contribution in [0.4, 0.5) is 0 Å². The van der Waals surface area contributed by atoms with E-state index in [2.05, 4.69) is 45.4 Å². The van der Waals surface area contributed by atoms with Crippen LogP contribution < -0.4 is 10.6 Å². The minimum atomic E-state index is -0.103. The average molecular weight is 358 g/mol. The maximum absolute atomic E-state index is 5.76. The molecular weight excluding hydrogens is 334 g/mol. The Labute approximate surface area is 134 Å². The van der Waals surface area contributed by atoms with Crippen molar-refractivity contribution < 1.29 is 9.15 Å². The predicted molar refractivity (Wildman–Crippen MR) is 87.7 cm³/mol. The van der Waals surface area contributed by atoms with Crippen molar-refractivity contribution in [2.75, 3.05) is 26.2 Å². The molecule has 0 amide bonds. The van der Waals surface area contributed by atoms with Crippen molar-refractivity contribution in [3.63, 3.8) is 0 Å². The van der Waals surface area contributed by atoms with Crippen LogP contribution in [0.3, 0.4) is 0 Å². The third-order valence-corrected chi connectivity index (χ3v) is 3.94. The summed E-state index contributed by atoms with van der Waals surface area (Å²) in [6.07, 6.45) is 3.03. The Balaban J connectivity index is 1.80. The Morgan fingerprint density at radius 3 is 2.90 bits per heavy atom. The summed E-state index contributed by atoms with van der Waals surface area (Å²) in [6.45, 7) is 7.36. The number of ether oxygens (including phenoxy) is 1. The van der Waals surface area contributed by atoms with Crippen LogP contribution in [0.2, 0.25) is 0 Å². The van der Waals surface area contributed by atoms with Crippen molar-refractivity contribution in [3.8, 4) is 0 Å². The van der Waals surface area contributed by atoms with Crippen LogP contribution in [0.5, 0.6) is 0 Å². The van der Waals surface area contributed by atoms with Gasteiger partial charge in [-0.25, -0.2) is 0 Å². The van der Waals surface area contributed by atoms with Crippen molar-refractivity contribution in [3.05, 3.63) is 22.6 Å². The van der Waals surface area contributed by atoms with Gasteiger partial charge in [-0.3, -0.25) is 4.99 Å². The minimum absolute atomic E-state index is 0.103. The van der Waals surface area contributed by atoms with Crippen molar-refractivity contribution >= 4 is 21.9 Å². The number of nitrogens with zero attached hydrogens (tertiary/aromatic N) is 1. The zero-order valence-corrected chi connectivity index (χ0v) is 14.3. The first-order chi connectivity index (χ1) is 10.1. The van der Waals surface area contributed by atoms with Crippen LogP contribution in [0.1, 0.15) is 32.4 Å². The van der Waals surface area contributed by atoms with Crippen LogP contribution in [0, 0.1) is 0 Å². The summed E-state index contributed by atoms with van der Waals surface area (Å²) in [4.78, 5) is 4.63. The first-order valence-electron chi connectivity index (χ1n) is 7.52. The van der Waals surface area contributed by atoms with Gasteiger partial charge in [0.1, 0.15) is 5.76 Å². The molecule has 1 aromatic rings. The van der Waals surface area contributed by atoms with Gasteiger partial charge in [-0.15, -0.1) is 0 Å². The fourth-order valence-electron chi connectivity index (χ4n) is 2.34. The molecule has 0 aromatic carbocycles. The molecule has 6 heteroatoms. The summed E-state index contributed by atoms with van der Waals surface area (Å²) in [6, 6.07) is 3.89. The number of aliphatic imine (C=N–C) groups is 1. The van der Waals surface area contributed by atoms with Gasteiger partial charge in [0.2, 0.25) is 0 Å². The Morgan fingerprint density at radius 2 is 2.29 bits per heavy atom. The smallest absolute Gasteiger partial charge is 0.191 e.